The van der Waals surface area contributed by atoms with Crippen LogP contribution in [0.2, 0.25) is 0 Å². The van der Waals surface area contributed by atoms with Gasteiger partial charge < -0.3 is 14.9 Å². The summed E-state index contributed by atoms with van der Waals surface area (Å²) >= 11 is 0. The quantitative estimate of drug-likeness (QED) is 0.857. The van der Waals surface area contributed by atoms with Crippen molar-refractivity contribution < 1.29 is 24.5 Å². The summed E-state index contributed by atoms with van der Waals surface area (Å²) in [4.78, 5) is 25.0. The fourth-order valence-corrected chi connectivity index (χ4v) is 4.35. The van der Waals surface area contributed by atoms with E-state index in [0.29, 0.717) is 42.4 Å². The van der Waals surface area contributed by atoms with Crippen LogP contribution in [0, 0.1) is 0 Å². The van der Waals surface area contributed by atoms with Gasteiger partial charge in [0.25, 0.3) is 0 Å². The summed E-state index contributed by atoms with van der Waals surface area (Å²) in [5, 5.41) is 20.5. The van der Waals surface area contributed by atoms with E-state index >= 15 is 0 Å². The molecule has 26 heavy (non-hydrogen) atoms. The number of hydrogen-bond donors (Lipinski definition) is 2. The molecule has 0 radical (unpaired) electrons. The summed E-state index contributed by atoms with van der Waals surface area (Å²) in [5.41, 5.74) is 2.93. The second-order valence-corrected chi connectivity index (χ2v) is 6.90. The van der Waals surface area contributed by atoms with Gasteiger partial charge in [-0.15, -0.1) is 0 Å². The van der Waals surface area contributed by atoms with Crippen molar-refractivity contribution in [2.24, 2.45) is 0 Å². The minimum atomic E-state index is -0.323. The molecular weight excluding hydrogens is 332 g/mol. The second-order valence-electron chi connectivity index (χ2n) is 6.90. The molecule has 2 aliphatic rings. The lowest BCUT2D eigenvalue weighted by Crippen LogP contribution is -2.23. The zero-order valence-electron chi connectivity index (χ0n) is 14.5. The zero-order valence-corrected chi connectivity index (χ0v) is 14.5. The van der Waals surface area contributed by atoms with Crippen LogP contribution >= 0.6 is 0 Å². The number of benzene rings is 2. The largest absolute Gasteiger partial charge is 0.508 e. The molecule has 134 valence electrons. The first-order valence-electron chi connectivity index (χ1n) is 8.79. The molecule has 0 fully saturated rings. The van der Waals surface area contributed by atoms with Crippen molar-refractivity contribution in [3.8, 4) is 11.5 Å². The van der Waals surface area contributed by atoms with Crippen LogP contribution in [0.1, 0.15) is 75.1 Å². The van der Waals surface area contributed by atoms with Crippen LogP contribution < -0.4 is 0 Å². The Morgan fingerprint density at radius 3 is 2.35 bits per heavy atom. The van der Waals surface area contributed by atoms with Crippen molar-refractivity contribution in [1.82, 2.24) is 0 Å². The summed E-state index contributed by atoms with van der Waals surface area (Å²) < 4.78 is 5.49. The smallest absolute Gasteiger partial charge is 0.166 e. The van der Waals surface area contributed by atoms with Gasteiger partial charge in [-0.25, -0.2) is 0 Å². The topological polar surface area (TPSA) is 83.8 Å². The molecule has 0 bridgehead atoms. The lowest BCUT2D eigenvalue weighted by molar-refractivity contribution is 0.0721. The summed E-state index contributed by atoms with van der Waals surface area (Å²) in [6, 6.07) is 8.41. The Hall–Kier alpha value is -2.66. The average Bonchev–Trinajstić information content (AvgIpc) is 2.63. The van der Waals surface area contributed by atoms with E-state index in [0.717, 1.165) is 11.1 Å². The van der Waals surface area contributed by atoms with E-state index in [1.165, 1.54) is 6.07 Å². The monoisotopic (exact) mass is 352 g/mol. The van der Waals surface area contributed by atoms with E-state index in [9.17, 15) is 19.8 Å². The Balaban J connectivity index is 1.94. The van der Waals surface area contributed by atoms with Crippen LogP contribution in [0.25, 0.3) is 0 Å². The Bertz CT molecular complexity index is 915. The third-order valence-electron chi connectivity index (χ3n) is 5.54. The van der Waals surface area contributed by atoms with Crippen molar-refractivity contribution in [1.29, 1.82) is 0 Å². The van der Waals surface area contributed by atoms with E-state index in [2.05, 4.69) is 0 Å². The predicted octanol–water partition coefficient (Wildman–Crippen LogP) is 3.87. The number of aromatic hydroxyl groups is 2. The molecule has 2 aromatic carbocycles. The number of phenols is 2. The van der Waals surface area contributed by atoms with Gasteiger partial charge in [0.15, 0.2) is 11.6 Å². The molecule has 0 aromatic heterocycles. The van der Waals surface area contributed by atoms with E-state index < -0.39 is 0 Å². The Morgan fingerprint density at radius 1 is 0.885 bits per heavy atom. The van der Waals surface area contributed by atoms with E-state index in [4.69, 9.17) is 4.74 Å². The van der Waals surface area contributed by atoms with Gasteiger partial charge in [0.1, 0.15) is 11.5 Å². The van der Waals surface area contributed by atoms with Crippen LogP contribution in [0.15, 0.2) is 30.3 Å². The highest BCUT2D eigenvalue weighted by molar-refractivity contribution is 6.03. The van der Waals surface area contributed by atoms with Crippen LogP contribution in [-0.2, 0) is 4.74 Å². The molecule has 2 atom stereocenters. The molecule has 2 aliphatic carbocycles. The van der Waals surface area contributed by atoms with Gasteiger partial charge in [0.2, 0.25) is 0 Å². The molecule has 0 spiro atoms. The summed E-state index contributed by atoms with van der Waals surface area (Å²) in [6.07, 6.45) is 1.46. The Kier molecular flexibility index (Phi) is 4.04. The highest BCUT2D eigenvalue weighted by Crippen LogP contribution is 2.46. The third-order valence-corrected chi connectivity index (χ3v) is 5.54. The van der Waals surface area contributed by atoms with Gasteiger partial charge in [0.05, 0.1) is 11.7 Å². The summed E-state index contributed by atoms with van der Waals surface area (Å²) in [7, 11) is 1.57. The molecule has 2 aromatic rings. The third kappa shape index (κ3) is 2.42. The number of Topliss-reactive ketones (excluding diaryl/α,β-unsaturated/α-hetero) is 2. The van der Waals surface area contributed by atoms with Crippen molar-refractivity contribution >= 4 is 11.6 Å². The minimum absolute atomic E-state index is 0.0159. The van der Waals surface area contributed by atoms with Gasteiger partial charge in [-0.1, -0.05) is 18.2 Å². The molecule has 0 amide bonds. The predicted molar refractivity (Wildman–Crippen MR) is 94.9 cm³/mol. The molecule has 0 saturated heterocycles. The number of carbonyl (C=O) groups excluding carboxylic acids is 2. The molecule has 0 heterocycles. The number of phenolic OH excluding ortho intramolecular Hbond substituents is 2. The number of hydrogen-bond acceptors (Lipinski definition) is 5. The second kappa shape index (κ2) is 6.25. The number of ether oxygens (including phenoxy) is 1. The van der Waals surface area contributed by atoms with E-state index in [1.807, 2.05) is 6.07 Å². The van der Waals surface area contributed by atoms with Crippen LogP contribution in [0.3, 0.4) is 0 Å². The van der Waals surface area contributed by atoms with E-state index in [-0.39, 0.29) is 35.1 Å². The van der Waals surface area contributed by atoms with Crippen LogP contribution in [0.5, 0.6) is 11.5 Å². The van der Waals surface area contributed by atoms with Crippen molar-refractivity contribution in [3.05, 3.63) is 58.1 Å². The lowest BCUT2D eigenvalue weighted by atomic mass is 9.73. The first-order valence-corrected chi connectivity index (χ1v) is 8.79. The average molecular weight is 352 g/mol. The highest BCUT2D eigenvalue weighted by atomic mass is 16.5. The zero-order chi connectivity index (χ0) is 18.4. The molecule has 2 N–H and O–H groups in total. The van der Waals surface area contributed by atoms with Crippen molar-refractivity contribution in [3.63, 3.8) is 0 Å². The minimum Gasteiger partial charge on any atom is -0.508 e. The molecule has 2 unspecified atom stereocenters. The van der Waals surface area contributed by atoms with Crippen LogP contribution in [-0.4, -0.2) is 28.9 Å². The van der Waals surface area contributed by atoms with Gasteiger partial charge in [-0.3, -0.25) is 9.59 Å². The first kappa shape index (κ1) is 16.8. The first-order chi connectivity index (χ1) is 12.5. The molecule has 5 nitrogen and oxygen atoms in total. The number of ketones is 2. The Labute approximate surface area is 151 Å². The fraction of sp³-hybridized carbons (Fsp3) is 0.333. The fourth-order valence-electron chi connectivity index (χ4n) is 4.35. The standard InChI is InChI=1S/C21H20O5/c1-26-18-10-9-16(24)20-13(6-8-17(25)21(18)20)11-5-7-15(23)19-12(11)3-2-4-14(19)22/h2-4,6,8,11,18,22,25H,5,7,9-10H2,1H3. The molecular formula is C21H20O5. The van der Waals surface area contributed by atoms with Crippen LogP contribution in [0.4, 0.5) is 0 Å². The molecule has 0 saturated carbocycles. The van der Waals surface area contributed by atoms with Crippen molar-refractivity contribution in [2.45, 2.75) is 37.7 Å². The van der Waals surface area contributed by atoms with E-state index in [1.54, 1.807) is 25.3 Å². The van der Waals surface area contributed by atoms with Gasteiger partial charge in [-0.2, -0.15) is 0 Å². The molecule has 4 rings (SSSR count). The Morgan fingerprint density at radius 2 is 1.58 bits per heavy atom. The van der Waals surface area contributed by atoms with Gasteiger partial charge >= 0.3 is 0 Å². The number of fused-ring (bicyclic) bond motifs is 2. The summed E-state index contributed by atoms with van der Waals surface area (Å²) in [6.45, 7) is 0. The van der Waals surface area contributed by atoms with Gasteiger partial charge in [-0.05, 0) is 36.1 Å². The number of rotatable bonds is 2. The molecule has 0 aliphatic heterocycles. The maximum absolute atomic E-state index is 12.7. The SMILES string of the molecule is COC1CCC(=O)c2c(C3CCC(=O)c4c(O)cccc43)ccc(O)c21. The lowest BCUT2D eigenvalue weighted by Gasteiger charge is -2.31. The van der Waals surface area contributed by atoms with Crippen molar-refractivity contribution in [2.75, 3.05) is 7.11 Å². The normalized spacial score (nSPS) is 22.0. The highest BCUT2D eigenvalue weighted by Gasteiger charge is 2.36. The molecule has 5 heteroatoms. The maximum Gasteiger partial charge on any atom is 0.166 e. The number of methoxy groups -OCH3 is 1. The number of carbonyl (C=O) groups is 2. The maximum atomic E-state index is 12.7. The summed E-state index contributed by atoms with van der Waals surface area (Å²) in [5.74, 6) is -0.234. The van der Waals surface area contributed by atoms with Gasteiger partial charge in [0, 0.05) is 37.0 Å².